The van der Waals surface area contributed by atoms with Crippen molar-refractivity contribution < 1.29 is 15.0 Å². The Hall–Kier alpha value is -3.31. The van der Waals surface area contributed by atoms with Gasteiger partial charge in [-0.05, 0) is 122 Å². The van der Waals surface area contributed by atoms with Gasteiger partial charge in [0.05, 0.1) is 6.54 Å². The molecule has 1 aliphatic carbocycles. The Morgan fingerprint density at radius 3 is 2.25 bits per heavy atom. The lowest BCUT2D eigenvalue weighted by atomic mass is 9.69. The van der Waals surface area contributed by atoms with Crippen molar-refractivity contribution in [2.75, 3.05) is 37.6 Å². The third-order valence-corrected chi connectivity index (χ3v) is 9.82. The summed E-state index contributed by atoms with van der Waals surface area (Å²) in [5.74, 6) is 0.326. The van der Waals surface area contributed by atoms with Gasteiger partial charge in [0.15, 0.2) is 0 Å². The second-order valence-electron chi connectivity index (χ2n) is 12.4. The number of fused-ring (bicyclic) bond motifs is 1. The van der Waals surface area contributed by atoms with Crippen molar-refractivity contribution in [3.63, 3.8) is 0 Å². The zero-order chi connectivity index (χ0) is 27.5. The maximum Gasteiger partial charge on any atom is 0.317 e. The second-order valence-corrected chi connectivity index (χ2v) is 12.4. The van der Waals surface area contributed by atoms with E-state index in [4.69, 9.17) is 0 Å². The number of phenols is 1. The maximum absolute atomic E-state index is 11.2. The summed E-state index contributed by atoms with van der Waals surface area (Å²) < 4.78 is 0. The van der Waals surface area contributed by atoms with Gasteiger partial charge in [-0.1, -0.05) is 48.5 Å². The number of carboxylic acids is 1. The first-order valence-corrected chi connectivity index (χ1v) is 15.2. The highest BCUT2D eigenvalue weighted by atomic mass is 16.4. The number of likely N-dealkylation sites (tertiary alicyclic amines) is 1. The molecule has 3 aromatic carbocycles. The zero-order valence-electron chi connectivity index (χ0n) is 23.5. The summed E-state index contributed by atoms with van der Waals surface area (Å²) in [6.07, 6.45) is 9.09. The van der Waals surface area contributed by atoms with E-state index < -0.39 is 5.97 Å². The number of piperidine rings is 1. The van der Waals surface area contributed by atoms with Crippen LogP contribution in [-0.4, -0.2) is 53.8 Å². The van der Waals surface area contributed by atoms with Crippen LogP contribution in [0.15, 0.2) is 72.8 Å². The topological polar surface area (TPSA) is 64.0 Å². The number of rotatable bonds is 5. The number of benzene rings is 3. The molecule has 0 bridgehead atoms. The summed E-state index contributed by atoms with van der Waals surface area (Å²) >= 11 is 0. The number of hydrogen-bond acceptors (Lipinski definition) is 4. The Morgan fingerprint density at radius 2 is 1.55 bits per heavy atom. The van der Waals surface area contributed by atoms with Gasteiger partial charge >= 0.3 is 5.97 Å². The van der Waals surface area contributed by atoms with Crippen molar-refractivity contribution >= 4 is 11.7 Å². The monoisotopic (exact) mass is 538 g/mol. The van der Waals surface area contributed by atoms with E-state index in [1.807, 2.05) is 12.1 Å². The summed E-state index contributed by atoms with van der Waals surface area (Å²) in [5.41, 5.74) is 7.00. The third-order valence-electron chi connectivity index (χ3n) is 9.82. The van der Waals surface area contributed by atoms with Gasteiger partial charge in [0, 0.05) is 24.7 Å². The fourth-order valence-electron chi connectivity index (χ4n) is 7.95. The highest BCUT2D eigenvalue weighted by Crippen LogP contribution is 2.47. The summed E-state index contributed by atoms with van der Waals surface area (Å²) in [7, 11) is 0. The van der Waals surface area contributed by atoms with Crippen LogP contribution in [0.25, 0.3) is 0 Å². The van der Waals surface area contributed by atoms with Gasteiger partial charge in [0.2, 0.25) is 0 Å². The van der Waals surface area contributed by atoms with Crippen LogP contribution in [0.3, 0.4) is 0 Å². The molecule has 2 fully saturated rings. The molecule has 0 saturated carbocycles. The molecule has 0 amide bonds. The number of anilines is 1. The summed E-state index contributed by atoms with van der Waals surface area (Å²) in [6.45, 7) is 4.16. The zero-order valence-corrected chi connectivity index (χ0v) is 23.5. The molecule has 2 atom stereocenters. The third kappa shape index (κ3) is 5.76. The van der Waals surface area contributed by atoms with E-state index in [1.54, 1.807) is 0 Å². The van der Waals surface area contributed by atoms with Gasteiger partial charge < -0.3 is 15.1 Å². The molecule has 210 valence electrons. The number of aromatic hydroxyl groups is 1. The summed E-state index contributed by atoms with van der Waals surface area (Å²) in [5, 5.41) is 19.4. The first-order valence-electron chi connectivity index (χ1n) is 15.2. The molecule has 5 heteroatoms. The van der Waals surface area contributed by atoms with Gasteiger partial charge in [-0.15, -0.1) is 0 Å². The lowest BCUT2D eigenvalue weighted by Crippen LogP contribution is -2.45. The van der Waals surface area contributed by atoms with Crippen LogP contribution in [-0.2, 0) is 11.2 Å². The number of aryl methyl sites for hydroxylation is 1. The Morgan fingerprint density at radius 1 is 0.850 bits per heavy atom. The van der Waals surface area contributed by atoms with Crippen molar-refractivity contribution in [2.45, 2.75) is 63.2 Å². The molecule has 3 aliphatic rings. The molecule has 2 N–H and O–H groups in total. The number of carbonyl (C=O) groups is 1. The van der Waals surface area contributed by atoms with Gasteiger partial charge in [-0.2, -0.15) is 0 Å². The average molecular weight is 539 g/mol. The number of aliphatic carboxylic acids is 1. The fourth-order valence-corrected chi connectivity index (χ4v) is 7.95. The van der Waals surface area contributed by atoms with Crippen molar-refractivity contribution in [1.82, 2.24) is 4.90 Å². The Kier molecular flexibility index (Phi) is 7.84. The lowest BCUT2D eigenvalue weighted by Gasteiger charge is -2.46. The second kappa shape index (κ2) is 11.7. The normalized spacial score (nSPS) is 23.2. The van der Waals surface area contributed by atoms with E-state index in [2.05, 4.69) is 70.5 Å². The highest BCUT2D eigenvalue weighted by Gasteiger charge is 2.37. The lowest BCUT2D eigenvalue weighted by molar-refractivity contribution is -0.138. The molecule has 1 spiro atoms. The van der Waals surface area contributed by atoms with Crippen LogP contribution in [0.1, 0.15) is 79.0 Å². The van der Waals surface area contributed by atoms with Crippen molar-refractivity contribution in [3.8, 4) is 5.75 Å². The standard InChI is InChI=1S/C35H42N2O3/c38-30-14-16-32-28(23-30)11-15-31(26-7-2-1-3-8-26)34(32)27-9-12-29(13-10-27)37-22-6-19-35(25-37)17-4-20-36(21-5-18-35)24-33(39)40/h1-3,7-10,12-14,16,23,31,34,38H,4-6,11,15,17-22,24-25H2,(H,39,40)/t31-,34+/m1/s1. The summed E-state index contributed by atoms with van der Waals surface area (Å²) in [6, 6.07) is 26.2. The predicted octanol–water partition coefficient (Wildman–Crippen LogP) is 6.80. The number of nitrogens with zero attached hydrogens (tertiary/aromatic N) is 2. The molecule has 0 aromatic heterocycles. The van der Waals surface area contributed by atoms with Crippen LogP contribution in [0.2, 0.25) is 0 Å². The molecule has 2 aliphatic heterocycles. The van der Waals surface area contributed by atoms with E-state index >= 15 is 0 Å². The minimum atomic E-state index is -0.715. The Labute approximate surface area is 238 Å². The SMILES string of the molecule is O=C(O)CN1CCCC2(CCC1)CCCN(c1ccc([C@@H]3c4ccc(O)cc4CC[C@@H]3c3ccccc3)cc1)C2. The van der Waals surface area contributed by atoms with Crippen molar-refractivity contribution in [2.24, 2.45) is 5.41 Å². The first kappa shape index (κ1) is 26.9. The van der Waals surface area contributed by atoms with E-state index in [0.717, 1.165) is 51.9 Å². The number of hydrogen-bond donors (Lipinski definition) is 2. The van der Waals surface area contributed by atoms with Crippen LogP contribution in [0, 0.1) is 5.41 Å². The van der Waals surface area contributed by atoms with Gasteiger partial charge in [0.25, 0.3) is 0 Å². The van der Waals surface area contributed by atoms with Gasteiger partial charge in [-0.25, -0.2) is 0 Å². The van der Waals surface area contributed by atoms with E-state index in [1.165, 1.54) is 53.6 Å². The Bertz CT molecular complexity index is 1300. The van der Waals surface area contributed by atoms with Crippen molar-refractivity contribution in [1.29, 1.82) is 0 Å². The molecule has 5 nitrogen and oxygen atoms in total. The van der Waals surface area contributed by atoms with Gasteiger partial charge in [-0.3, -0.25) is 9.69 Å². The molecular weight excluding hydrogens is 496 g/mol. The van der Waals surface area contributed by atoms with Crippen LogP contribution >= 0.6 is 0 Å². The highest BCUT2D eigenvalue weighted by molar-refractivity contribution is 5.69. The maximum atomic E-state index is 11.2. The molecule has 2 heterocycles. The number of phenolic OH excluding ortho intramolecular Hbond substituents is 1. The molecule has 2 saturated heterocycles. The molecule has 40 heavy (non-hydrogen) atoms. The predicted molar refractivity (Wildman–Crippen MR) is 160 cm³/mol. The number of carboxylic acid groups (broad SMARTS) is 1. The van der Waals surface area contributed by atoms with Crippen LogP contribution in [0.4, 0.5) is 5.69 Å². The van der Waals surface area contributed by atoms with E-state index in [0.29, 0.717) is 17.1 Å². The fraction of sp³-hybridized carbons (Fsp3) is 0.457. The minimum Gasteiger partial charge on any atom is -0.508 e. The Balaban J connectivity index is 1.21. The molecule has 0 radical (unpaired) electrons. The molecule has 3 aromatic rings. The summed E-state index contributed by atoms with van der Waals surface area (Å²) in [4.78, 5) is 15.9. The quantitative estimate of drug-likeness (QED) is 0.374. The molecule has 6 rings (SSSR count). The van der Waals surface area contributed by atoms with E-state index in [9.17, 15) is 15.0 Å². The molecular formula is C35H42N2O3. The van der Waals surface area contributed by atoms with Crippen LogP contribution in [0.5, 0.6) is 5.75 Å². The minimum absolute atomic E-state index is 0.170. The van der Waals surface area contributed by atoms with Crippen LogP contribution < -0.4 is 4.90 Å². The van der Waals surface area contributed by atoms with Gasteiger partial charge in [0.1, 0.15) is 5.75 Å². The average Bonchev–Trinajstić information content (AvgIpc) is 2.96. The molecule has 0 unspecified atom stereocenters. The van der Waals surface area contributed by atoms with Crippen molar-refractivity contribution in [3.05, 3.63) is 95.1 Å². The first-order chi connectivity index (χ1) is 19.5. The van der Waals surface area contributed by atoms with E-state index in [-0.39, 0.29) is 12.5 Å². The smallest absolute Gasteiger partial charge is 0.317 e. The largest absolute Gasteiger partial charge is 0.508 e.